The Bertz CT molecular complexity index is 554. The minimum absolute atomic E-state index is 0.0103. The molecule has 1 aromatic heterocycles. The number of thioether (sulfide) groups is 1. The summed E-state index contributed by atoms with van der Waals surface area (Å²) in [6.07, 6.45) is 6.20. The van der Waals surface area contributed by atoms with Crippen molar-refractivity contribution in [2.24, 2.45) is 5.92 Å². The van der Waals surface area contributed by atoms with E-state index < -0.39 is 5.56 Å². The van der Waals surface area contributed by atoms with Crippen LogP contribution in [0.5, 0.6) is 0 Å². The summed E-state index contributed by atoms with van der Waals surface area (Å²) in [4.78, 5) is 29.6. The number of rotatable bonds is 5. The molecule has 1 saturated carbocycles. The smallest absolute Gasteiger partial charge is 0.276 e. The number of nitrogens with one attached hydrogen (secondary N) is 2. The van der Waals surface area contributed by atoms with Crippen molar-refractivity contribution in [2.75, 3.05) is 23.8 Å². The number of nitrogen functional groups attached to an aromatic ring is 2. The first-order chi connectivity index (χ1) is 10.1. The zero-order valence-corrected chi connectivity index (χ0v) is 12.7. The van der Waals surface area contributed by atoms with Gasteiger partial charge in [0.1, 0.15) is 5.69 Å². The highest BCUT2D eigenvalue weighted by Crippen LogP contribution is 2.22. The second-order valence-electron chi connectivity index (χ2n) is 5.27. The quantitative estimate of drug-likeness (QED) is 0.469. The minimum atomic E-state index is -0.479. The van der Waals surface area contributed by atoms with Crippen LogP contribution in [0.3, 0.4) is 0 Å². The van der Waals surface area contributed by atoms with Crippen LogP contribution in [-0.4, -0.2) is 28.2 Å². The third-order valence-corrected chi connectivity index (χ3v) is 4.49. The summed E-state index contributed by atoms with van der Waals surface area (Å²) in [5, 5.41) is 3.23. The normalized spacial score (nSPS) is 15.8. The molecule has 0 radical (unpaired) electrons. The molecule has 21 heavy (non-hydrogen) atoms. The molecule has 0 aromatic carbocycles. The van der Waals surface area contributed by atoms with Gasteiger partial charge in [-0.3, -0.25) is 14.6 Å². The molecule has 1 fully saturated rings. The van der Waals surface area contributed by atoms with Crippen LogP contribution in [0.15, 0.2) is 9.95 Å². The molecule has 0 bridgehead atoms. The number of carbonyl (C=O) groups is 1. The molecular formula is C13H21N5O2S. The summed E-state index contributed by atoms with van der Waals surface area (Å²) < 4.78 is 0. The van der Waals surface area contributed by atoms with Gasteiger partial charge < -0.3 is 16.8 Å². The Balaban J connectivity index is 1.77. The number of H-pyrrole nitrogens is 1. The van der Waals surface area contributed by atoms with Crippen molar-refractivity contribution in [3.05, 3.63) is 10.4 Å². The largest absolute Gasteiger partial charge is 0.391 e. The second kappa shape index (κ2) is 7.35. The minimum Gasteiger partial charge on any atom is -0.391 e. The summed E-state index contributed by atoms with van der Waals surface area (Å²) in [5.41, 5.74) is 10.4. The van der Waals surface area contributed by atoms with E-state index in [2.05, 4.69) is 15.3 Å². The number of aromatic nitrogens is 2. The highest BCUT2D eigenvalue weighted by molar-refractivity contribution is 7.99. The van der Waals surface area contributed by atoms with Gasteiger partial charge in [-0.2, -0.15) is 0 Å². The van der Waals surface area contributed by atoms with Gasteiger partial charge >= 0.3 is 0 Å². The number of hydrogen-bond donors (Lipinski definition) is 4. The van der Waals surface area contributed by atoms with E-state index in [9.17, 15) is 9.59 Å². The number of nitrogens with zero attached hydrogens (tertiary/aromatic N) is 1. The molecule has 0 spiro atoms. The van der Waals surface area contributed by atoms with E-state index in [-0.39, 0.29) is 23.2 Å². The van der Waals surface area contributed by atoms with Crippen LogP contribution in [-0.2, 0) is 4.79 Å². The maximum Gasteiger partial charge on any atom is 0.276 e. The zero-order valence-electron chi connectivity index (χ0n) is 11.9. The molecule has 0 saturated heterocycles. The molecule has 2 rings (SSSR count). The van der Waals surface area contributed by atoms with Gasteiger partial charge in [0.05, 0.1) is 5.75 Å². The Morgan fingerprint density at radius 1 is 1.33 bits per heavy atom. The van der Waals surface area contributed by atoms with Crippen LogP contribution in [0.1, 0.15) is 32.1 Å². The van der Waals surface area contributed by atoms with Crippen LogP contribution in [0, 0.1) is 5.92 Å². The Labute approximate surface area is 127 Å². The Hall–Kier alpha value is -1.70. The third kappa shape index (κ3) is 4.66. The van der Waals surface area contributed by atoms with Crippen molar-refractivity contribution >= 4 is 29.2 Å². The maximum absolute atomic E-state index is 11.8. The molecule has 7 nitrogen and oxygen atoms in total. The Morgan fingerprint density at radius 3 is 2.71 bits per heavy atom. The lowest BCUT2D eigenvalue weighted by atomic mass is 9.89. The van der Waals surface area contributed by atoms with Gasteiger partial charge in [0.25, 0.3) is 5.56 Å². The monoisotopic (exact) mass is 311 g/mol. The average molecular weight is 311 g/mol. The topological polar surface area (TPSA) is 127 Å². The molecule has 0 aliphatic heterocycles. The zero-order chi connectivity index (χ0) is 15.2. The van der Waals surface area contributed by atoms with Crippen LogP contribution in [0.25, 0.3) is 0 Å². The van der Waals surface area contributed by atoms with Crippen LogP contribution < -0.4 is 22.3 Å². The predicted octanol–water partition coefficient (Wildman–Crippen LogP) is 0.723. The van der Waals surface area contributed by atoms with E-state index in [1.165, 1.54) is 32.1 Å². The number of amides is 1. The Kier molecular flexibility index (Phi) is 5.49. The molecular weight excluding hydrogens is 290 g/mol. The molecule has 1 heterocycles. The van der Waals surface area contributed by atoms with Crippen LogP contribution in [0.4, 0.5) is 11.5 Å². The molecule has 1 aliphatic carbocycles. The van der Waals surface area contributed by atoms with E-state index >= 15 is 0 Å². The molecule has 116 valence electrons. The lowest BCUT2D eigenvalue weighted by Gasteiger charge is -2.21. The highest BCUT2D eigenvalue weighted by atomic mass is 32.2. The van der Waals surface area contributed by atoms with E-state index in [1.807, 2.05) is 0 Å². The van der Waals surface area contributed by atoms with Crippen LogP contribution in [0.2, 0.25) is 0 Å². The lowest BCUT2D eigenvalue weighted by molar-refractivity contribution is -0.118. The first-order valence-electron chi connectivity index (χ1n) is 7.11. The summed E-state index contributed by atoms with van der Waals surface area (Å²) in [6.45, 7) is 0.729. The van der Waals surface area contributed by atoms with Gasteiger partial charge in [-0.1, -0.05) is 31.0 Å². The standard InChI is InChI=1S/C13H21N5O2S/c14-10-11(15)17-13(18-12(10)20)21-7-9(19)16-6-8-4-2-1-3-5-8/h8H,1-7,14H2,(H,16,19)(H3,15,17,18,20). The first kappa shape index (κ1) is 15.7. The molecule has 6 N–H and O–H groups in total. The fourth-order valence-corrected chi connectivity index (χ4v) is 3.08. The summed E-state index contributed by atoms with van der Waals surface area (Å²) in [7, 11) is 0. The first-order valence-corrected chi connectivity index (χ1v) is 8.09. The fraction of sp³-hybridized carbons (Fsp3) is 0.615. The number of carbonyl (C=O) groups excluding carboxylic acids is 1. The molecule has 1 amide bonds. The molecule has 1 aliphatic rings. The number of anilines is 2. The van der Waals surface area contributed by atoms with E-state index in [0.717, 1.165) is 18.3 Å². The lowest BCUT2D eigenvalue weighted by Crippen LogP contribution is -2.31. The van der Waals surface area contributed by atoms with Crippen molar-refractivity contribution < 1.29 is 4.79 Å². The molecule has 0 atom stereocenters. The maximum atomic E-state index is 11.8. The number of aromatic amines is 1. The van der Waals surface area contributed by atoms with Gasteiger partial charge in [0.2, 0.25) is 5.91 Å². The van der Waals surface area contributed by atoms with Crippen molar-refractivity contribution in [2.45, 2.75) is 37.3 Å². The predicted molar refractivity (Wildman–Crippen MR) is 84.0 cm³/mol. The third-order valence-electron chi connectivity index (χ3n) is 3.62. The van der Waals surface area contributed by atoms with Crippen molar-refractivity contribution in [3.8, 4) is 0 Å². The number of hydrogen-bond acceptors (Lipinski definition) is 6. The van der Waals surface area contributed by atoms with E-state index in [4.69, 9.17) is 11.5 Å². The van der Waals surface area contributed by atoms with Gasteiger partial charge in [-0.05, 0) is 18.8 Å². The SMILES string of the molecule is Nc1nc(SCC(=O)NCC2CCCCC2)[nH]c(=O)c1N. The number of nitrogens with two attached hydrogens (primary N) is 2. The second-order valence-corrected chi connectivity index (χ2v) is 6.23. The van der Waals surface area contributed by atoms with Crippen molar-refractivity contribution in [1.82, 2.24) is 15.3 Å². The van der Waals surface area contributed by atoms with Crippen molar-refractivity contribution in [1.29, 1.82) is 0 Å². The van der Waals surface area contributed by atoms with Gasteiger partial charge in [0, 0.05) is 6.54 Å². The summed E-state index contributed by atoms with van der Waals surface area (Å²) >= 11 is 1.14. The highest BCUT2D eigenvalue weighted by Gasteiger charge is 2.14. The summed E-state index contributed by atoms with van der Waals surface area (Å²) in [5.74, 6) is 0.712. The molecule has 1 aromatic rings. The molecule has 8 heteroatoms. The van der Waals surface area contributed by atoms with Gasteiger partial charge in [0.15, 0.2) is 11.0 Å². The molecule has 0 unspecified atom stereocenters. The fourth-order valence-electron chi connectivity index (χ4n) is 2.38. The van der Waals surface area contributed by atoms with E-state index in [0.29, 0.717) is 11.1 Å². The summed E-state index contributed by atoms with van der Waals surface area (Å²) in [6, 6.07) is 0. The van der Waals surface area contributed by atoms with Gasteiger partial charge in [-0.15, -0.1) is 0 Å². The Morgan fingerprint density at radius 2 is 2.05 bits per heavy atom. The van der Waals surface area contributed by atoms with E-state index in [1.54, 1.807) is 0 Å². The van der Waals surface area contributed by atoms with Gasteiger partial charge in [-0.25, -0.2) is 4.98 Å². The van der Waals surface area contributed by atoms with Crippen LogP contribution >= 0.6 is 11.8 Å². The average Bonchev–Trinajstić information content (AvgIpc) is 2.49. The van der Waals surface area contributed by atoms with Crippen molar-refractivity contribution in [3.63, 3.8) is 0 Å².